The zero-order chi connectivity index (χ0) is 14.2. The first-order valence-electron chi connectivity index (χ1n) is 6.61. The summed E-state index contributed by atoms with van der Waals surface area (Å²) in [6.07, 6.45) is 4.58. The Bertz CT molecular complexity index is 471. The lowest BCUT2D eigenvalue weighted by molar-refractivity contribution is 0.135. The van der Waals surface area contributed by atoms with Crippen molar-refractivity contribution in [3.63, 3.8) is 0 Å². The third-order valence-corrected chi connectivity index (χ3v) is 6.02. The van der Waals surface area contributed by atoms with E-state index in [1.165, 1.54) is 18.6 Å². The van der Waals surface area contributed by atoms with Crippen LogP contribution in [0.2, 0.25) is 0 Å². The Morgan fingerprint density at radius 2 is 1.89 bits per heavy atom. The predicted octanol–water partition coefficient (Wildman–Crippen LogP) is 6.38. The Hall–Kier alpha value is 0.0400. The number of halogens is 4. The fraction of sp³-hybridized carbons (Fsp3) is 0.600. The minimum absolute atomic E-state index is 0.134. The summed E-state index contributed by atoms with van der Waals surface area (Å²) in [4.78, 5) is -0.134. The molecule has 0 aliphatic heterocycles. The molecule has 2 unspecified atom stereocenters. The van der Waals surface area contributed by atoms with Crippen molar-refractivity contribution < 1.29 is 8.78 Å². The molecule has 0 N–H and O–H groups in total. The van der Waals surface area contributed by atoms with Crippen molar-refractivity contribution in [2.75, 3.05) is 0 Å². The van der Waals surface area contributed by atoms with Gasteiger partial charge in [0.05, 0.1) is 4.47 Å². The van der Waals surface area contributed by atoms with Crippen LogP contribution in [0.4, 0.5) is 8.78 Å². The van der Waals surface area contributed by atoms with Gasteiger partial charge in [-0.15, -0.1) is 0 Å². The second-order valence-corrected chi connectivity index (χ2v) is 7.87. The molecule has 1 aromatic carbocycles. The smallest absolute Gasteiger partial charge is 0.137 e. The van der Waals surface area contributed by atoms with Crippen molar-refractivity contribution in [1.82, 2.24) is 0 Å². The highest BCUT2D eigenvalue weighted by Crippen LogP contribution is 2.50. The summed E-state index contributed by atoms with van der Waals surface area (Å²) in [6, 6.07) is 2.53. The van der Waals surface area contributed by atoms with E-state index < -0.39 is 5.82 Å². The van der Waals surface area contributed by atoms with Crippen LogP contribution in [0.15, 0.2) is 16.6 Å². The number of benzene rings is 1. The van der Waals surface area contributed by atoms with Crippen molar-refractivity contribution in [2.45, 2.75) is 44.4 Å². The minimum atomic E-state index is -0.408. The fourth-order valence-electron chi connectivity index (χ4n) is 3.03. The zero-order valence-electron chi connectivity index (χ0n) is 11.1. The highest BCUT2D eigenvalue weighted by atomic mass is 79.9. The summed E-state index contributed by atoms with van der Waals surface area (Å²) in [6.45, 7) is 4.44. The molecule has 1 saturated carbocycles. The van der Waals surface area contributed by atoms with Crippen molar-refractivity contribution in [2.24, 2.45) is 11.3 Å². The van der Waals surface area contributed by atoms with Crippen LogP contribution < -0.4 is 0 Å². The molecule has 2 atom stereocenters. The summed E-state index contributed by atoms with van der Waals surface area (Å²) < 4.78 is 27.9. The number of hydrogen-bond donors (Lipinski definition) is 0. The third-order valence-electron chi connectivity index (χ3n) is 4.28. The summed E-state index contributed by atoms with van der Waals surface area (Å²) in [5.41, 5.74) is 0.586. The Morgan fingerprint density at radius 3 is 2.53 bits per heavy atom. The van der Waals surface area contributed by atoms with Gasteiger partial charge in [0.25, 0.3) is 0 Å². The van der Waals surface area contributed by atoms with E-state index in [2.05, 4.69) is 45.7 Å². The van der Waals surface area contributed by atoms with Crippen LogP contribution in [0, 0.1) is 23.0 Å². The summed E-state index contributed by atoms with van der Waals surface area (Å²) in [5.74, 6) is -0.428. The van der Waals surface area contributed by atoms with Gasteiger partial charge in [-0.25, -0.2) is 8.78 Å². The maximum absolute atomic E-state index is 14.1. The van der Waals surface area contributed by atoms with Crippen LogP contribution >= 0.6 is 31.9 Å². The Kier molecular flexibility index (Phi) is 4.71. The van der Waals surface area contributed by atoms with Crippen molar-refractivity contribution in [3.8, 4) is 0 Å². The molecule has 1 fully saturated rings. The van der Waals surface area contributed by atoms with Crippen LogP contribution in [-0.2, 0) is 0 Å². The van der Waals surface area contributed by atoms with E-state index in [0.717, 1.165) is 19.3 Å². The fourth-order valence-corrected chi connectivity index (χ4v) is 4.68. The predicted molar refractivity (Wildman–Crippen MR) is 81.5 cm³/mol. The molecule has 0 spiro atoms. The van der Waals surface area contributed by atoms with Crippen LogP contribution in [0.1, 0.15) is 49.9 Å². The lowest BCUT2D eigenvalue weighted by Gasteiger charge is -2.41. The van der Waals surface area contributed by atoms with Crippen molar-refractivity contribution in [1.29, 1.82) is 0 Å². The van der Waals surface area contributed by atoms with Gasteiger partial charge >= 0.3 is 0 Å². The van der Waals surface area contributed by atoms with E-state index >= 15 is 0 Å². The molecule has 0 amide bonds. The van der Waals surface area contributed by atoms with Gasteiger partial charge in [0.2, 0.25) is 0 Å². The largest absolute Gasteiger partial charge is 0.207 e. The molecule has 106 valence electrons. The summed E-state index contributed by atoms with van der Waals surface area (Å²) >= 11 is 6.63. The molecule has 4 heteroatoms. The lowest BCUT2D eigenvalue weighted by Crippen LogP contribution is -2.31. The second kappa shape index (κ2) is 5.80. The van der Waals surface area contributed by atoms with E-state index in [1.54, 1.807) is 0 Å². The number of alkyl halides is 1. The standard InChI is InChI=1S/C15H18Br2F2/c1-15(2)6-4-3-5-10(15)14(17)9-7-13(19)11(16)8-12(9)18/h7-8,10,14H,3-6H2,1-2H3. The van der Waals surface area contributed by atoms with Crippen LogP contribution in [0.5, 0.6) is 0 Å². The quantitative estimate of drug-likeness (QED) is 0.402. The van der Waals surface area contributed by atoms with Gasteiger partial charge in [-0.05, 0) is 52.2 Å². The average molecular weight is 396 g/mol. The molecule has 2 rings (SSSR count). The monoisotopic (exact) mass is 394 g/mol. The number of hydrogen-bond acceptors (Lipinski definition) is 0. The summed E-state index contributed by atoms with van der Waals surface area (Å²) in [5, 5.41) is 0. The van der Waals surface area contributed by atoms with Gasteiger partial charge in [-0.2, -0.15) is 0 Å². The van der Waals surface area contributed by atoms with Crippen LogP contribution in [-0.4, -0.2) is 0 Å². The maximum atomic E-state index is 14.1. The molecule has 0 aromatic heterocycles. The molecule has 1 aromatic rings. The van der Waals surface area contributed by atoms with E-state index in [0.29, 0.717) is 11.5 Å². The molecule has 0 saturated heterocycles. The topological polar surface area (TPSA) is 0 Å². The molecule has 19 heavy (non-hydrogen) atoms. The van der Waals surface area contributed by atoms with Gasteiger partial charge < -0.3 is 0 Å². The molecule has 1 aliphatic carbocycles. The third kappa shape index (κ3) is 3.21. The average Bonchev–Trinajstić information content (AvgIpc) is 2.32. The molecule has 0 bridgehead atoms. The highest BCUT2D eigenvalue weighted by Gasteiger charge is 2.38. The van der Waals surface area contributed by atoms with Gasteiger partial charge in [-0.1, -0.05) is 42.6 Å². The van der Waals surface area contributed by atoms with Gasteiger partial charge in [0, 0.05) is 10.4 Å². The van der Waals surface area contributed by atoms with Crippen LogP contribution in [0.3, 0.4) is 0 Å². The van der Waals surface area contributed by atoms with E-state index in [9.17, 15) is 8.78 Å². The molecular formula is C15H18Br2F2. The Balaban J connectivity index is 2.33. The van der Waals surface area contributed by atoms with E-state index in [4.69, 9.17) is 0 Å². The van der Waals surface area contributed by atoms with E-state index in [1.807, 2.05) is 0 Å². The second-order valence-electron chi connectivity index (χ2n) is 6.03. The van der Waals surface area contributed by atoms with Crippen LogP contribution in [0.25, 0.3) is 0 Å². The molecule has 1 aliphatic rings. The van der Waals surface area contributed by atoms with Gasteiger partial charge in [-0.3, -0.25) is 0 Å². The van der Waals surface area contributed by atoms with E-state index in [-0.39, 0.29) is 20.5 Å². The maximum Gasteiger partial charge on any atom is 0.137 e. The molecule has 0 radical (unpaired) electrons. The summed E-state index contributed by atoms with van der Waals surface area (Å²) in [7, 11) is 0. The Labute approximate surface area is 130 Å². The van der Waals surface area contributed by atoms with Gasteiger partial charge in [0.1, 0.15) is 11.6 Å². The van der Waals surface area contributed by atoms with Crippen molar-refractivity contribution >= 4 is 31.9 Å². The Morgan fingerprint density at radius 1 is 1.21 bits per heavy atom. The normalized spacial score (nSPS) is 24.2. The minimum Gasteiger partial charge on any atom is -0.207 e. The first-order valence-corrected chi connectivity index (χ1v) is 8.32. The van der Waals surface area contributed by atoms with Gasteiger partial charge in [0.15, 0.2) is 0 Å². The molecular weight excluding hydrogens is 378 g/mol. The molecule has 0 heterocycles. The van der Waals surface area contributed by atoms with Crippen molar-refractivity contribution in [3.05, 3.63) is 33.8 Å². The first-order chi connectivity index (χ1) is 8.83. The number of rotatable bonds is 2. The lowest BCUT2D eigenvalue weighted by atomic mass is 9.67. The SMILES string of the molecule is CC1(C)CCCCC1C(Br)c1cc(F)c(Br)cc1F. The highest BCUT2D eigenvalue weighted by molar-refractivity contribution is 9.10. The first kappa shape index (κ1) is 15.4. The molecule has 0 nitrogen and oxygen atoms in total. The zero-order valence-corrected chi connectivity index (χ0v) is 14.3.